The summed E-state index contributed by atoms with van der Waals surface area (Å²) >= 11 is 0.457. The second-order valence-electron chi connectivity index (χ2n) is 3.03. The molecule has 0 saturated heterocycles. The minimum atomic E-state index is -4.58. The molecular weight excluding hydrogens is 247 g/mol. The zero-order chi connectivity index (χ0) is 12.3. The van der Waals surface area contributed by atoms with E-state index in [1.807, 2.05) is 0 Å². The van der Waals surface area contributed by atoms with Crippen LogP contribution in [0.1, 0.15) is 18.5 Å². The second kappa shape index (κ2) is 4.69. The molecular formula is C8H8F3NO3S. The number of nitrogens with zero attached hydrogens (tertiary/aromatic N) is 1. The van der Waals surface area contributed by atoms with Crippen LogP contribution in [0.5, 0.6) is 0 Å². The first-order chi connectivity index (χ1) is 7.32. The normalized spacial score (nSPS) is 11.7. The molecule has 0 atom stereocenters. The molecule has 0 aliphatic heterocycles. The van der Waals surface area contributed by atoms with Crippen LogP contribution in [0.4, 0.5) is 13.2 Å². The molecule has 1 rings (SSSR count). The number of carboxylic acids is 1. The van der Waals surface area contributed by atoms with Gasteiger partial charge in [-0.3, -0.25) is 14.2 Å². The molecule has 0 spiro atoms. The van der Waals surface area contributed by atoms with Crippen LogP contribution in [0.25, 0.3) is 0 Å². The van der Waals surface area contributed by atoms with E-state index in [4.69, 9.17) is 5.11 Å². The van der Waals surface area contributed by atoms with Gasteiger partial charge in [0.05, 0.1) is 0 Å². The molecule has 0 bridgehead atoms. The summed E-state index contributed by atoms with van der Waals surface area (Å²) in [5, 5.41) is 9.07. The second-order valence-corrected chi connectivity index (χ2v) is 3.85. The number of rotatable bonds is 4. The summed E-state index contributed by atoms with van der Waals surface area (Å²) in [5.41, 5.74) is -1.02. The number of carboxylic acid groups (broad SMARTS) is 1. The van der Waals surface area contributed by atoms with Gasteiger partial charge in [0, 0.05) is 18.3 Å². The van der Waals surface area contributed by atoms with Crippen molar-refractivity contribution in [2.45, 2.75) is 25.6 Å². The zero-order valence-electron chi connectivity index (χ0n) is 7.95. The van der Waals surface area contributed by atoms with Gasteiger partial charge in [0.1, 0.15) is 5.69 Å². The maximum atomic E-state index is 12.4. The maximum absolute atomic E-state index is 12.4. The third kappa shape index (κ3) is 3.09. The minimum Gasteiger partial charge on any atom is -0.481 e. The molecule has 0 radical (unpaired) electrons. The van der Waals surface area contributed by atoms with Gasteiger partial charge in [-0.1, -0.05) is 11.3 Å². The molecule has 4 nitrogen and oxygen atoms in total. The molecule has 0 saturated carbocycles. The molecule has 0 fully saturated rings. The molecule has 8 heteroatoms. The fourth-order valence-corrected chi connectivity index (χ4v) is 1.94. The van der Waals surface area contributed by atoms with E-state index in [-0.39, 0.29) is 19.4 Å². The molecule has 0 aliphatic rings. The Morgan fingerprint density at radius 3 is 2.62 bits per heavy atom. The third-order valence-corrected chi connectivity index (χ3v) is 2.61. The monoisotopic (exact) mass is 255 g/mol. The molecule has 16 heavy (non-hydrogen) atoms. The van der Waals surface area contributed by atoms with Crippen LogP contribution in [0.15, 0.2) is 10.2 Å². The number of aliphatic carboxylic acids is 1. The molecule has 0 aromatic carbocycles. The molecule has 0 amide bonds. The van der Waals surface area contributed by atoms with E-state index in [2.05, 4.69) is 0 Å². The van der Waals surface area contributed by atoms with Crippen molar-refractivity contribution in [1.82, 2.24) is 4.57 Å². The zero-order valence-corrected chi connectivity index (χ0v) is 8.77. The topological polar surface area (TPSA) is 59.3 Å². The number of hydrogen-bond acceptors (Lipinski definition) is 3. The predicted octanol–water partition coefficient (Wildman–Crippen LogP) is 1.79. The summed E-state index contributed by atoms with van der Waals surface area (Å²) in [6, 6.07) is 0. The fourth-order valence-electron chi connectivity index (χ4n) is 1.15. The molecule has 1 N–H and O–H groups in total. The summed E-state index contributed by atoms with van der Waals surface area (Å²) in [6.45, 7) is -0.233. The predicted molar refractivity (Wildman–Crippen MR) is 50.5 cm³/mol. The van der Waals surface area contributed by atoms with Gasteiger partial charge in [-0.25, -0.2) is 0 Å². The van der Waals surface area contributed by atoms with Gasteiger partial charge < -0.3 is 5.11 Å². The number of thiazole rings is 1. The van der Waals surface area contributed by atoms with Gasteiger partial charge in [0.25, 0.3) is 0 Å². The first-order valence-electron chi connectivity index (χ1n) is 4.29. The van der Waals surface area contributed by atoms with Crippen LogP contribution in [-0.2, 0) is 17.5 Å². The van der Waals surface area contributed by atoms with Crippen molar-refractivity contribution in [3.05, 3.63) is 20.7 Å². The Hall–Kier alpha value is -1.31. The molecule has 1 aromatic heterocycles. The lowest BCUT2D eigenvalue weighted by atomic mass is 10.3. The first-order valence-corrected chi connectivity index (χ1v) is 5.17. The molecule has 1 aromatic rings. The highest BCUT2D eigenvalue weighted by Gasteiger charge is 2.35. The van der Waals surface area contributed by atoms with E-state index in [1.54, 1.807) is 0 Å². The van der Waals surface area contributed by atoms with Crippen molar-refractivity contribution in [2.24, 2.45) is 0 Å². The summed E-state index contributed by atoms with van der Waals surface area (Å²) in [6.07, 6.45) is -4.85. The van der Waals surface area contributed by atoms with Gasteiger partial charge in [-0.05, 0) is 6.42 Å². The van der Waals surface area contributed by atoms with E-state index < -0.39 is 22.7 Å². The summed E-state index contributed by atoms with van der Waals surface area (Å²) in [7, 11) is 0. The number of aromatic nitrogens is 1. The fraction of sp³-hybridized carbons (Fsp3) is 0.500. The third-order valence-electron chi connectivity index (χ3n) is 1.85. The molecule has 0 unspecified atom stereocenters. The summed E-state index contributed by atoms with van der Waals surface area (Å²) < 4.78 is 37.7. The van der Waals surface area contributed by atoms with Gasteiger partial charge >= 0.3 is 17.0 Å². The average molecular weight is 255 g/mol. The van der Waals surface area contributed by atoms with E-state index in [0.717, 1.165) is 5.38 Å². The van der Waals surface area contributed by atoms with Crippen molar-refractivity contribution in [1.29, 1.82) is 0 Å². The standard InChI is InChI=1S/C8H8F3NO3S/c9-8(10,11)5-4-16-7(15)12(5)3-1-2-6(13)14/h4H,1-3H2,(H,13,14). The molecule has 1 heterocycles. The van der Waals surface area contributed by atoms with Crippen LogP contribution < -0.4 is 4.87 Å². The highest BCUT2D eigenvalue weighted by Crippen LogP contribution is 2.29. The van der Waals surface area contributed by atoms with E-state index in [9.17, 15) is 22.8 Å². The van der Waals surface area contributed by atoms with Crippen molar-refractivity contribution in [2.75, 3.05) is 0 Å². The summed E-state index contributed by atoms with van der Waals surface area (Å²) in [4.78, 5) is 20.6. The Labute approximate surface area is 91.9 Å². The van der Waals surface area contributed by atoms with Crippen molar-refractivity contribution < 1.29 is 23.1 Å². The van der Waals surface area contributed by atoms with E-state index >= 15 is 0 Å². The van der Waals surface area contributed by atoms with Crippen LogP contribution in [-0.4, -0.2) is 15.6 Å². The van der Waals surface area contributed by atoms with Crippen LogP contribution in [0.2, 0.25) is 0 Å². The number of carbonyl (C=O) groups is 1. The highest BCUT2D eigenvalue weighted by atomic mass is 32.1. The Morgan fingerprint density at radius 1 is 1.50 bits per heavy atom. The highest BCUT2D eigenvalue weighted by molar-refractivity contribution is 7.07. The first kappa shape index (κ1) is 12.8. The lowest BCUT2D eigenvalue weighted by Crippen LogP contribution is -2.21. The minimum absolute atomic E-state index is 0.00491. The van der Waals surface area contributed by atoms with Crippen molar-refractivity contribution in [3.8, 4) is 0 Å². The average Bonchev–Trinajstić information content (AvgIpc) is 2.46. The Bertz CT molecular complexity index is 434. The largest absolute Gasteiger partial charge is 0.481 e. The van der Waals surface area contributed by atoms with E-state index in [0.29, 0.717) is 15.9 Å². The van der Waals surface area contributed by atoms with Crippen LogP contribution in [0, 0.1) is 0 Å². The van der Waals surface area contributed by atoms with Crippen LogP contribution in [0.3, 0.4) is 0 Å². The lowest BCUT2D eigenvalue weighted by Gasteiger charge is -2.09. The van der Waals surface area contributed by atoms with Gasteiger partial charge in [0.15, 0.2) is 0 Å². The van der Waals surface area contributed by atoms with Gasteiger partial charge in [-0.2, -0.15) is 13.2 Å². The smallest absolute Gasteiger partial charge is 0.432 e. The lowest BCUT2D eigenvalue weighted by molar-refractivity contribution is -0.143. The van der Waals surface area contributed by atoms with Crippen LogP contribution >= 0.6 is 11.3 Å². The maximum Gasteiger partial charge on any atom is 0.432 e. The number of alkyl halides is 3. The van der Waals surface area contributed by atoms with E-state index in [1.165, 1.54) is 0 Å². The van der Waals surface area contributed by atoms with Gasteiger partial charge in [0.2, 0.25) is 0 Å². The molecule has 0 aliphatic carbocycles. The quantitative estimate of drug-likeness (QED) is 0.892. The number of hydrogen-bond donors (Lipinski definition) is 1. The van der Waals surface area contributed by atoms with Crippen molar-refractivity contribution in [3.63, 3.8) is 0 Å². The Morgan fingerprint density at radius 2 is 2.12 bits per heavy atom. The Kier molecular flexibility index (Phi) is 3.74. The Balaban J connectivity index is 2.83. The summed E-state index contributed by atoms with van der Waals surface area (Å²) in [5.74, 6) is -1.10. The molecule has 90 valence electrons. The van der Waals surface area contributed by atoms with Gasteiger partial charge in [-0.15, -0.1) is 0 Å². The SMILES string of the molecule is O=C(O)CCCn1c(C(F)(F)F)csc1=O. The van der Waals surface area contributed by atoms with Crippen molar-refractivity contribution >= 4 is 17.3 Å². The number of halogens is 3.